The molecule has 2 rings (SSSR count). The zero-order chi connectivity index (χ0) is 9.26. The van der Waals surface area contributed by atoms with Crippen LogP contribution in [-0.4, -0.2) is 0 Å². The molecule has 0 radical (unpaired) electrons. The molecular formula is C12H15Cl. The van der Waals surface area contributed by atoms with Crippen LogP contribution in [0, 0.1) is 5.92 Å². The van der Waals surface area contributed by atoms with Crippen molar-refractivity contribution < 1.29 is 0 Å². The highest BCUT2D eigenvalue weighted by atomic mass is 35.5. The van der Waals surface area contributed by atoms with E-state index in [4.69, 9.17) is 11.6 Å². The van der Waals surface area contributed by atoms with Gasteiger partial charge >= 0.3 is 0 Å². The second-order valence-corrected chi connectivity index (χ2v) is 4.47. The van der Waals surface area contributed by atoms with Crippen LogP contribution in [0.3, 0.4) is 0 Å². The molecule has 0 nitrogen and oxygen atoms in total. The van der Waals surface area contributed by atoms with Crippen molar-refractivity contribution >= 4 is 11.6 Å². The third-order valence-corrected chi connectivity index (χ3v) is 3.50. The van der Waals surface area contributed by atoms with Gasteiger partial charge in [-0.15, -0.1) is 0 Å². The van der Waals surface area contributed by atoms with Crippen LogP contribution in [0.25, 0.3) is 0 Å². The van der Waals surface area contributed by atoms with E-state index in [9.17, 15) is 0 Å². The van der Waals surface area contributed by atoms with Crippen molar-refractivity contribution in [1.82, 2.24) is 0 Å². The molecule has 1 saturated carbocycles. The summed E-state index contributed by atoms with van der Waals surface area (Å²) in [5, 5.41) is 0.838. The first kappa shape index (κ1) is 9.08. The third-order valence-electron chi connectivity index (χ3n) is 3.25. The van der Waals surface area contributed by atoms with E-state index in [1.165, 1.54) is 24.8 Å². The molecule has 0 bridgehead atoms. The van der Waals surface area contributed by atoms with Gasteiger partial charge in [-0.1, -0.05) is 37.1 Å². The monoisotopic (exact) mass is 194 g/mol. The standard InChI is InChI=1S/C12H15Cl/c1-9(10-3-2-4-10)11-5-7-12(13)8-6-11/h5-10H,2-4H2,1H3. The van der Waals surface area contributed by atoms with E-state index >= 15 is 0 Å². The van der Waals surface area contributed by atoms with Gasteiger partial charge in [0.05, 0.1) is 0 Å². The SMILES string of the molecule is CC(c1ccc(Cl)cc1)C1CCC1. The highest BCUT2D eigenvalue weighted by molar-refractivity contribution is 6.30. The molecule has 0 aliphatic heterocycles. The van der Waals surface area contributed by atoms with E-state index < -0.39 is 0 Å². The van der Waals surface area contributed by atoms with E-state index in [0.717, 1.165) is 10.9 Å². The molecule has 70 valence electrons. The van der Waals surface area contributed by atoms with Crippen molar-refractivity contribution in [2.24, 2.45) is 5.92 Å². The fourth-order valence-corrected chi connectivity index (χ4v) is 2.10. The smallest absolute Gasteiger partial charge is 0.0406 e. The highest BCUT2D eigenvalue weighted by Crippen LogP contribution is 2.38. The van der Waals surface area contributed by atoms with E-state index in [2.05, 4.69) is 19.1 Å². The minimum atomic E-state index is 0.714. The van der Waals surface area contributed by atoms with Crippen LogP contribution in [0.2, 0.25) is 5.02 Å². The quantitative estimate of drug-likeness (QED) is 0.661. The zero-order valence-corrected chi connectivity index (χ0v) is 8.72. The Morgan fingerprint density at radius 3 is 2.31 bits per heavy atom. The number of rotatable bonds is 2. The lowest BCUT2D eigenvalue weighted by molar-refractivity contribution is 0.272. The maximum absolute atomic E-state index is 5.84. The summed E-state index contributed by atoms with van der Waals surface area (Å²) < 4.78 is 0. The van der Waals surface area contributed by atoms with Crippen LogP contribution in [0.15, 0.2) is 24.3 Å². The lowest BCUT2D eigenvalue weighted by Gasteiger charge is -2.31. The molecule has 13 heavy (non-hydrogen) atoms. The topological polar surface area (TPSA) is 0 Å². The van der Waals surface area contributed by atoms with Gasteiger partial charge in [0, 0.05) is 5.02 Å². The van der Waals surface area contributed by atoms with Gasteiger partial charge in [-0.3, -0.25) is 0 Å². The van der Waals surface area contributed by atoms with Crippen molar-refractivity contribution in [2.75, 3.05) is 0 Å². The summed E-state index contributed by atoms with van der Waals surface area (Å²) in [4.78, 5) is 0. The molecular weight excluding hydrogens is 180 g/mol. The van der Waals surface area contributed by atoms with E-state index in [-0.39, 0.29) is 0 Å². The van der Waals surface area contributed by atoms with Gasteiger partial charge in [0.25, 0.3) is 0 Å². The number of hydrogen-bond donors (Lipinski definition) is 0. The molecule has 0 spiro atoms. The maximum atomic E-state index is 5.84. The maximum Gasteiger partial charge on any atom is 0.0406 e. The van der Waals surface area contributed by atoms with Gasteiger partial charge in [-0.05, 0) is 42.4 Å². The van der Waals surface area contributed by atoms with Crippen molar-refractivity contribution in [3.05, 3.63) is 34.9 Å². The Hall–Kier alpha value is -0.490. The first-order valence-corrected chi connectivity index (χ1v) is 5.40. The molecule has 1 aliphatic rings. The van der Waals surface area contributed by atoms with Crippen LogP contribution < -0.4 is 0 Å². The summed E-state index contributed by atoms with van der Waals surface area (Å²) in [6.07, 6.45) is 4.23. The Morgan fingerprint density at radius 1 is 1.23 bits per heavy atom. The van der Waals surface area contributed by atoms with Crippen LogP contribution in [0.5, 0.6) is 0 Å². The molecule has 1 aromatic rings. The molecule has 1 aromatic carbocycles. The van der Waals surface area contributed by atoms with Crippen LogP contribution in [-0.2, 0) is 0 Å². The number of hydrogen-bond acceptors (Lipinski definition) is 0. The lowest BCUT2D eigenvalue weighted by atomic mass is 9.74. The summed E-state index contributed by atoms with van der Waals surface area (Å²) in [5.74, 6) is 1.63. The largest absolute Gasteiger partial charge is 0.0843 e. The van der Waals surface area contributed by atoms with Crippen molar-refractivity contribution in [1.29, 1.82) is 0 Å². The first-order valence-electron chi connectivity index (χ1n) is 5.03. The lowest BCUT2D eigenvalue weighted by Crippen LogP contribution is -2.17. The zero-order valence-electron chi connectivity index (χ0n) is 7.96. The number of halogens is 1. The minimum absolute atomic E-state index is 0.714. The average molecular weight is 195 g/mol. The Labute approximate surface area is 84.9 Å². The Balaban J connectivity index is 2.10. The summed E-state index contributed by atoms with van der Waals surface area (Å²) in [7, 11) is 0. The number of benzene rings is 1. The first-order chi connectivity index (χ1) is 6.27. The summed E-state index contributed by atoms with van der Waals surface area (Å²) in [6.45, 7) is 2.33. The minimum Gasteiger partial charge on any atom is -0.0843 e. The second kappa shape index (κ2) is 3.71. The Kier molecular flexibility index (Phi) is 2.59. The van der Waals surface area contributed by atoms with Crippen LogP contribution in [0.4, 0.5) is 0 Å². The predicted octanol–water partition coefficient (Wildman–Crippen LogP) is 4.24. The molecule has 1 heteroatoms. The normalized spacial score (nSPS) is 19.5. The molecule has 0 amide bonds. The Bertz CT molecular complexity index is 272. The van der Waals surface area contributed by atoms with Gasteiger partial charge in [-0.25, -0.2) is 0 Å². The van der Waals surface area contributed by atoms with E-state index in [0.29, 0.717) is 5.92 Å². The molecule has 1 aliphatic carbocycles. The van der Waals surface area contributed by atoms with Crippen molar-refractivity contribution in [2.45, 2.75) is 32.1 Å². The highest BCUT2D eigenvalue weighted by Gasteiger charge is 2.24. The van der Waals surface area contributed by atoms with E-state index in [1.807, 2.05) is 12.1 Å². The Morgan fingerprint density at radius 2 is 1.85 bits per heavy atom. The van der Waals surface area contributed by atoms with Gasteiger partial charge in [0.15, 0.2) is 0 Å². The predicted molar refractivity (Wildman–Crippen MR) is 57.2 cm³/mol. The van der Waals surface area contributed by atoms with Gasteiger partial charge in [0.1, 0.15) is 0 Å². The molecule has 0 saturated heterocycles. The van der Waals surface area contributed by atoms with Gasteiger partial charge in [-0.2, -0.15) is 0 Å². The third kappa shape index (κ3) is 1.88. The fraction of sp³-hybridized carbons (Fsp3) is 0.500. The molecule has 0 aromatic heterocycles. The summed E-state index contributed by atoms with van der Waals surface area (Å²) in [5.41, 5.74) is 1.44. The molecule has 1 atom stereocenters. The summed E-state index contributed by atoms with van der Waals surface area (Å²) >= 11 is 5.84. The summed E-state index contributed by atoms with van der Waals surface area (Å²) in [6, 6.07) is 8.30. The van der Waals surface area contributed by atoms with Gasteiger partial charge < -0.3 is 0 Å². The molecule has 1 unspecified atom stereocenters. The van der Waals surface area contributed by atoms with E-state index in [1.54, 1.807) is 0 Å². The van der Waals surface area contributed by atoms with Crippen molar-refractivity contribution in [3.8, 4) is 0 Å². The van der Waals surface area contributed by atoms with Crippen molar-refractivity contribution in [3.63, 3.8) is 0 Å². The van der Waals surface area contributed by atoms with Crippen LogP contribution >= 0.6 is 11.6 Å². The molecule has 0 heterocycles. The molecule has 0 N–H and O–H groups in total. The fourth-order valence-electron chi connectivity index (χ4n) is 1.98. The second-order valence-electron chi connectivity index (χ2n) is 4.03. The molecule has 1 fully saturated rings. The average Bonchev–Trinajstić information content (AvgIpc) is 2.02. The van der Waals surface area contributed by atoms with Gasteiger partial charge in [0.2, 0.25) is 0 Å². The van der Waals surface area contributed by atoms with Crippen LogP contribution in [0.1, 0.15) is 37.7 Å².